The van der Waals surface area contributed by atoms with Crippen LogP contribution in [0.5, 0.6) is 5.75 Å². The van der Waals surface area contributed by atoms with E-state index in [4.69, 9.17) is 11.6 Å². The molecule has 0 saturated carbocycles. The van der Waals surface area contributed by atoms with Gasteiger partial charge in [0.25, 0.3) is 5.91 Å². The quantitative estimate of drug-likeness (QED) is 0.529. The lowest BCUT2D eigenvalue weighted by Gasteiger charge is -2.14. The van der Waals surface area contributed by atoms with Crippen molar-refractivity contribution in [1.82, 2.24) is 10.3 Å². The molecule has 0 radical (unpaired) electrons. The van der Waals surface area contributed by atoms with Gasteiger partial charge in [0.05, 0.1) is 11.2 Å². The third-order valence-corrected chi connectivity index (χ3v) is 4.37. The molecule has 0 aromatic heterocycles. The number of nitrogens with zero attached hydrogens (tertiary/aromatic N) is 2. The zero-order valence-corrected chi connectivity index (χ0v) is 16.3. The normalized spacial score (nSPS) is 11.6. The number of hydrogen-bond donors (Lipinski definition) is 2. The molecule has 0 aliphatic carbocycles. The fraction of sp³-hybridized carbons (Fsp3) is 0.238. The molecular weight excluding hydrogens is 362 g/mol. The molecule has 0 unspecified atom stereocenters. The van der Waals surface area contributed by atoms with E-state index >= 15 is 0 Å². The standard InChI is InChI=1S/C21H24ClN3O2/c1-3-25(4-2)12-6-9-16-7-5-8-17(13-16)15-23-24-21(27)18-10-11-20(26)19(22)14-18/h5-11,13-15,26H,3-4,12H2,1-2H3,(H,24,27)/b9-6+,23-15+. The number of benzene rings is 2. The maximum atomic E-state index is 12.0. The highest BCUT2D eigenvalue weighted by Gasteiger charge is 2.07. The highest BCUT2D eigenvalue weighted by Crippen LogP contribution is 2.23. The van der Waals surface area contributed by atoms with Crippen molar-refractivity contribution in [2.45, 2.75) is 13.8 Å². The monoisotopic (exact) mass is 385 g/mol. The third kappa shape index (κ3) is 6.55. The summed E-state index contributed by atoms with van der Waals surface area (Å²) in [4.78, 5) is 14.4. The van der Waals surface area contributed by atoms with E-state index in [1.807, 2.05) is 24.3 Å². The first kappa shape index (κ1) is 20.7. The molecule has 6 heteroatoms. The Morgan fingerprint density at radius 2 is 1.93 bits per heavy atom. The van der Waals surface area contributed by atoms with Gasteiger partial charge in [-0.2, -0.15) is 5.10 Å². The highest BCUT2D eigenvalue weighted by molar-refractivity contribution is 6.32. The Morgan fingerprint density at radius 1 is 1.19 bits per heavy atom. The SMILES string of the molecule is CCN(CC)C/C=C/c1cccc(/C=N/NC(=O)c2ccc(O)c(Cl)c2)c1. The summed E-state index contributed by atoms with van der Waals surface area (Å²) in [5.41, 5.74) is 4.73. The second kappa shape index (κ2) is 10.5. The van der Waals surface area contributed by atoms with Crippen LogP contribution in [-0.2, 0) is 0 Å². The van der Waals surface area contributed by atoms with Gasteiger partial charge in [-0.15, -0.1) is 0 Å². The number of hydrazone groups is 1. The fourth-order valence-corrected chi connectivity index (χ4v) is 2.62. The predicted molar refractivity (Wildman–Crippen MR) is 111 cm³/mol. The van der Waals surface area contributed by atoms with Crippen LogP contribution in [0.15, 0.2) is 53.6 Å². The van der Waals surface area contributed by atoms with Crippen LogP contribution in [0.25, 0.3) is 6.08 Å². The van der Waals surface area contributed by atoms with Gasteiger partial charge in [0.2, 0.25) is 0 Å². The molecule has 2 rings (SSSR count). The van der Waals surface area contributed by atoms with E-state index in [2.05, 4.69) is 41.4 Å². The Labute approximate surface area is 165 Å². The van der Waals surface area contributed by atoms with E-state index in [-0.39, 0.29) is 10.8 Å². The fourth-order valence-electron chi connectivity index (χ4n) is 2.44. The highest BCUT2D eigenvalue weighted by atomic mass is 35.5. The van der Waals surface area contributed by atoms with E-state index in [0.717, 1.165) is 30.8 Å². The maximum Gasteiger partial charge on any atom is 0.271 e. The number of carbonyl (C=O) groups excluding carboxylic acids is 1. The maximum absolute atomic E-state index is 12.0. The summed E-state index contributed by atoms with van der Waals surface area (Å²) >= 11 is 5.81. The van der Waals surface area contributed by atoms with Crippen LogP contribution in [-0.4, -0.2) is 41.8 Å². The van der Waals surface area contributed by atoms with Gasteiger partial charge in [-0.1, -0.05) is 55.8 Å². The van der Waals surface area contributed by atoms with Gasteiger partial charge in [0, 0.05) is 12.1 Å². The largest absolute Gasteiger partial charge is 0.506 e. The molecule has 0 fully saturated rings. The van der Waals surface area contributed by atoms with Crippen LogP contribution >= 0.6 is 11.6 Å². The van der Waals surface area contributed by atoms with E-state index in [1.165, 1.54) is 18.2 Å². The average molecular weight is 386 g/mol. The molecule has 2 N–H and O–H groups in total. The number of hydrogen-bond acceptors (Lipinski definition) is 4. The van der Waals surface area contributed by atoms with E-state index < -0.39 is 5.91 Å². The third-order valence-electron chi connectivity index (χ3n) is 4.07. The number of halogens is 1. The molecule has 0 spiro atoms. The first-order chi connectivity index (χ1) is 13.0. The Bertz CT molecular complexity index is 830. The van der Waals surface area contributed by atoms with Crippen LogP contribution in [0.4, 0.5) is 0 Å². The predicted octanol–water partition coefficient (Wildman–Crippen LogP) is 4.16. The minimum Gasteiger partial charge on any atom is -0.506 e. The molecule has 0 aliphatic heterocycles. The van der Waals surface area contributed by atoms with Crippen molar-refractivity contribution in [3.63, 3.8) is 0 Å². The van der Waals surface area contributed by atoms with Crippen molar-refractivity contribution < 1.29 is 9.90 Å². The summed E-state index contributed by atoms with van der Waals surface area (Å²) < 4.78 is 0. The number of phenolic OH excluding ortho intramolecular Hbond substituents is 1. The number of rotatable bonds is 8. The first-order valence-electron chi connectivity index (χ1n) is 8.84. The van der Waals surface area contributed by atoms with Crippen molar-refractivity contribution in [2.24, 2.45) is 5.10 Å². The topological polar surface area (TPSA) is 64.9 Å². The Kier molecular flexibility index (Phi) is 8.04. The van der Waals surface area contributed by atoms with Gasteiger partial charge >= 0.3 is 0 Å². The zero-order valence-electron chi connectivity index (χ0n) is 15.5. The van der Waals surface area contributed by atoms with E-state index in [9.17, 15) is 9.90 Å². The van der Waals surface area contributed by atoms with Crippen molar-refractivity contribution in [2.75, 3.05) is 19.6 Å². The van der Waals surface area contributed by atoms with Crippen LogP contribution in [0.3, 0.4) is 0 Å². The molecule has 2 aromatic rings. The molecule has 0 aliphatic rings. The molecule has 2 aromatic carbocycles. The van der Waals surface area contributed by atoms with Crippen molar-refractivity contribution in [3.8, 4) is 5.75 Å². The van der Waals surface area contributed by atoms with E-state index in [0.29, 0.717) is 5.56 Å². The minimum absolute atomic E-state index is 0.0671. The molecule has 0 saturated heterocycles. The Balaban J connectivity index is 1.95. The summed E-state index contributed by atoms with van der Waals surface area (Å²) in [7, 11) is 0. The summed E-state index contributed by atoms with van der Waals surface area (Å²) in [5.74, 6) is -0.467. The molecule has 0 bridgehead atoms. The van der Waals surface area contributed by atoms with E-state index in [1.54, 1.807) is 6.21 Å². The molecule has 142 valence electrons. The molecule has 5 nitrogen and oxygen atoms in total. The minimum atomic E-state index is -0.400. The molecule has 0 atom stereocenters. The summed E-state index contributed by atoms with van der Waals surface area (Å²) in [5, 5.41) is 13.5. The van der Waals surface area contributed by atoms with Gasteiger partial charge in [-0.3, -0.25) is 4.79 Å². The van der Waals surface area contributed by atoms with Crippen LogP contribution in [0.2, 0.25) is 5.02 Å². The van der Waals surface area contributed by atoms with Crippen molar-refractivity contribution in [3.05, 3.63) is 70.3 Å². The second-order valence-corrected chi connectivity index (χ2v) is 6.33. The van der Waals surface area contributed by atoms with Crippen LogP contribution in [0, 0.1) is 0 Å². The van der Waals surface area contributed by atoms with Crippen molar-refractivity contribution in [1.29, 1.82) is 0 Å². The van der Waals surface area contributed by atoms with Gasteiger partial charge in [0.15, 0.2) is 0 Å². The van der Waals surface area contributed by atoms with Gasteiger partial charge in [-0.05, 0) is 48.5 Å². The number of likely N-dealkylation sites (N-methyl/N-ethyl adjacent to an activating group) is 1. The number of carbonyl (C=O) groups is 1. The number of nitrogens with one attached hydrogen (secondary N) is 1. The number of amides is 1. The molecular formula is C21H24ClN3O2. The average Bonchev–Trinajstić information content (AvgIpc) is 2.67. The molecule has 0 heterocycles. The number of aromatic hydroxyl groups is 1. The second-order valence-electron chi connectivity index (χ2n) is 5.92. The summed E-state index contributed by atoms with van der Waals surface area (Å²) in [6.45, 7) is 7.26. The number of phenols is 1. The van der Waals surface area contributed by atoms with Gasteiger partial charge in [-0.25, -0.2) is 5.43 Å². The lowest BCUT2D eigenvalue weighted by atomic mass is 10.1. The van der Waals surface area contributed by atoms with Gasteiger partial charge < -0.3 is 10.0 Å². The Hall–Kier alpha value is -2.63. The van der Waals surface area contributed by atoms with Gasteiger partial charge in [0.1, 0.15) is 5.75 Å². The lowest BCUT2D eigenvalue weighted by molar-refractivity contribution is 0.0955. The van der Waals surface area contributed by atoms with Crippen LogP contribution in [0.1, 0.15) is 35.3 Å². The van der Waals surface area contributed by atoms with Crippen LogP contribution < -0.4 is 5.43 Å². The zero-order chi connectivity index (χ0) is 19.6. The Morgan fingerprint density at radius 3 is 2.63 bits per heavy atom. The lowest BCUT2D eigenvalue weighted by Crippen LogP contribution is -2.22. The molecule has 1 amide bonds. The smallest absolute Gasteiger partial charge is 0.271 e. The summed E-state index contributed by atoms with van der Waals surface area (Å²) in [6, 6.07) is 12.1. The summed E-state index contributed by atoms with van der Waals surface area (Å²) in [6.07, 6.45) is 5.80. The molecule has 27 heavy (non-hydrogen) atoms. The van der Waals surface area contributed by atoms with Crippen molar-refractivity contribution >= 4 is 29.8 Å². The first-order valence-corrected chi connectivity index (χ1v) is 9.22.